The minimum absolute atomic E-state index is 0.0159. The maximum Gasteiger partial charge on any atom is 0.130 e. The van der Waals surface area contributed by atoms with E-state index in [1.165, 1.54) is 0 Å². The van der Waals surface area contributed by atoms with E-state index in [1.54, 1.807) is 0 Å². The van der Waals surface area contributed by atoms with Crippen molar-refractivity contribution in [3.63, 3.8) is 0 Å². The molecule has 0 saturated carbocycles. The molecule has 0 saturated heterocycles. The lowest BCUT2D eigenvalue weighted by Crippen LogP contribution is -2.14. The molecule has 0 N–H and O–H groups in total. The average Bonchev–Trinajstić information content (AvgIpc) is 2.61. The van der Waals surface area contributed by atoms with Gasteiger partial charge in [0.15, 0.2) is 0 Å². The van der Waals surface area contributed by atoms with Crippen LogP contribution in [-0.4, -0.2) is 24.8 Å². The zero-order valence-corrected chi connectivity index (χ0v) is 18.3. The molecular formula is C23H31ClN2O. The first kappa shape index (κ1) is 21.3. The highest BCUT2D eigenvalue weighted by atomic mass is 35.5. The van der Waals surface area contributed by atoms with Crippen molar-refractivity contribution < 1.29 is 4.74 Å². The number of hydrogen-bond donors (Lipinski definition) is 0. The molecule has 0 spiro atoms. The van der Waals surface area contributed by atoms with E-state index in [0.29, 0.717) is 0 Å². The van der Waals surface area contributed by atoms with Crippen LogP contribution < -0.4 is 4.74 Å². The highest BCUT2D eigenvalue weighted by Gasteiger charge is 2.24. The van der Waals surface area contributed by atoms with Crippen molar-refractivity contribution in [3.8, 4) is 11.5 Å². The Bertz CT molecular complexity index is 809. The molecule has 0 bridgehead atoms. The maximum absolute atomic E-state index is 6.63. The number of benzene rings is 2. The summed E-state index contributed by atoms with van der Waals surface area (Å²) in [5, 5.41) is -0.0730. The number of rotatable bonds is 6. The second-order valence-electron chi connectivity index (χ2n) is 8.13. The molecule has 0 aliphatic rings. The normalized spacial score (nSPS) is 13.0. The third-order valence-corrected chi connectivity index (χ3v) is 5.43. The van der Waals surface area contributed by atoms with E-state index in [0.717, 1.165) is 40.4 Å². The highest BCUT2D eigenvalue weighted by molar-refractivity contribution is 6.21. The number of alkyl halides is 1. The fraction of sp³-hybridized carbons (Fsp3) is 0.435. The van der Waals surface area contributed by atoms with Crippen LogP contribution in [-0.2, 0) is 0 Å². The first-order valence-corrected chi connectivity index (χ1v) is 9.83. The molecule has 0 fully saturated rings. The molecule has 0 heterocycles. The Morgan fingerprint density at radius 3 is 2.48 bits per heavy atom. The molecule has 0 aliphatic heterocycles. The van der Waals surface area contributed by atoms with Crippen LogP contribution in [0.15, 0.2) is 41.4 Å². The maximum atomic E-state index is 6.63. The molecule has 1 unspecified atom stereocenters. The Labute approximate surface area is 169 Å². The number of hydrogen-bond acceptors (Lipinski definition) is 2. The molecule has 0 aliphatic carbocycles. The SMILES string of the molecule is CCN(C)C=Nc1cc(C)c(Oc2cccc(C(Cl)C(C)(C)C)c2)cc1C. The van der Waals surface area contributed by atoms with Crippen LogP contribution in [0, 0.1) is 19.3 Å². The molecule has 0 aromatic heterocycles. The van der Waals surface area contributed by atoms with Crippen LogP contribution in [0.1, 0.15) is 49.8 Å². The third kappa shape index (κ3) is 5.74. The summed E-state index contributed by atoms with van der Waals surface area (Å²) in [6.07, 6.45) is 1.86. The van der Waals surface area contributed by atoms with E-state index in [9.17, 15) is 0 Å². The van der Waals surface area contributed by atoms with E-state index in [2.05, 4.69) is 51.7 Å². The van der Waals surface area contributed by atoms with E-state index in [4.69, 9.17) is 16.3 Å². The molecule has 27 heavy (non-hydrogen) atoms. The van der Waals surface area contributed by atoms with Crippen molar-refractivity contribution in [1.82, 2.24) is 4.90 Å². The molecule has 0 amide bonds. The van der Waals surface area contributed by atoms with Gasteiger partial charge in [-0.25, -0.2) is 4.99 Å². The molecule has 2 aromatic carbocycles. The van der Waals surface area contributed by atoms with Crippen LogP contribution in [0.3, 0.4) is 0 Å². The number of aryl methyl sites for hydroxylation is 2. The van der Waals surface area contributed by atoms with Gasteiger partial charge in [-0.1, -0.05) is 32.9 Å². The second-order valence-corrected chi connectivity index (χ2v) is 8.56. The van der Waals surface area contributed by atoms with Crippen molar-refractivity contribution in [3.05, 3.63) is 53.1 Å². The molecule has 2 aromatic rings. The van der Waals surface area contributed by atoms with Crippen molar-refractivity contribution in [2.45, 2.75) is 46.9 Å². The van der Waals surface area contributed by atoms with Crippen LogP contribution >= 0.6 is 11.6 Å². The van der Waals surface area contributed by atoms with Crippen LogP contribution in [0.4, 0.5) is 5.69 Å². The first-order chi connectivity index (χ1) is 12.6. The molecule has 2 rings (SSSR count). The molecule has 3 nitrogen and oxygen atoms in total. The Morgan fingerprint density at radius 1 is 1.15 bits per heavy atom. The van der Waals surface area contributed by atoms with Gasteiger partial charge in [0.1, 0.15) is 11.5 Å². The lowest BCUT2D eigenvalue weighted by atomic mass is 9.87. The average molecular weight is 387 g/mol. The second kappa shape index (κ2) is 8.79. The predicted molar refractivity (Wildman–Crippen MR) is 117 cm³/mol. The standard InChI is InChI=1S/C23H31ClN2O/c1-8-26(7)15-25-20-12-17(3)21(13-16(20)2)27-19-11-9-10-18(14-19)22(24)23(4,5)6/h9-15,22H,8H2,1-7H3. The summed E-state index contributed by atoms with van der Waals surface area (Å²) < 4.78 is 6.17. The fourth-order valence-corrected chi connectivity index (χ4v) is 2.76. The van der Waals surface area contributed by atoms with Crippen LogP contribution in [0.5, 0.6) is 11.5 Å². The van der Waals surface area contributed by atoms with E-state index in [1.807, 2.05) is 49.5 Å². The molecule has 1 atom stereocenters. The summed E-state index contributed by atoms with van der Waals surface area (Å²) in [4.78, 5) is 6.62. The van der Waals surface area contributed by atoms with Gasteiger partial charge in [-0.05, 0) is 67.1 Å². The van der Waals surface area contributed by atoms with E-state index >= 15 is 0 Å². The van der Waals surface area contributed by atoms with Gasteiger partial charge in [0.25, 0.3) is 0 Å². The number of aliphatic imine (C=N–C) groups is 1. The Hall–Kier alpha value is -2.00. The van der Waals surface area contributed by atoms with E-state index < -0.39 is 0 Å². The molecule has 0 radical (unpaired) electrons. The van der Waals surface area contributed by atoms with E-state index in [-0.39, 0.29) is 10.8 Å². The van der Waals surface area contributed by atoms with Gasteiger partial charge in [-0.3, -0.25) is 0 Å². The topological polar surface area (TPSA) is 24.8 Å². The van der Waals surface area contributed by atoms with Gasteiger partial charge < -0.3 is 9.64 Å². The monoisotopic (exact) mass is 386 g/mol. The lowest BCUT2D eigenvalue weighted by Gasteiger charge is -2.25. The van der Waals surface area contributed by atoms with Gasteiger partial charge in [-0.2, -0.15) is 0 Å². The van der Waals surface area contributed by atoms with Gasteiger partial charge in [-0.15, -0.1) is 11.6 Å². The number of halogens is 1. The van der Waals surface area contributed by atoms with Crippen molar-refractivity contribution in [1.29, 1.82) is 0 Å². The predicted octanol–water partition coefficient (Wildman–Crippen LogP) is 7.03. The van der Waals surface area contributed by atoms with Crippen molar-refractivity contribution in [2.24, 2.45) is 10.4 Å². The summed E-state index contributed by atoms with van der Waals surface area (Å²) in [6, 6.07) is 12.1. The zero-order valence-electron chi connectivity index (χ0n) is 17.5. The summed E-state index contributed by atoms with van der Waals surface area (Å²) in [7, 11) is 2.01. The van der Waals surface area contributed by atoms with Crippen molar-refractivity contribution >= 4 is 23.6 Å². The Balaban J connectivity index is 2.26. The van der Waals surface area contributed by atoms with Gasteiger partial charge in [0.2, 0.25) is 0 Å². The lowest BCUT2D eigenvalue weighted by molar-refractivity contribution is 0.394. The van der Waals surface area contributed by atoms with Crippen LogP contribution in [0.25, 0.3) is 0 Å². The largest absolute Gasteiger partial charge is 0.457 e. The molecule has 146 valence electrons. The van der Waals surface area contributed by atoms with Gasteiger partial charge in [0, 0.05) is 13.6 Å². The van der Waals surface area contributed by atoms with Crippen LogP contribution in [0.2, 0.25) is 0 Å². The highest BCUT2D eigenvalue weighted by Crippen LogP contribution is 2.40. The summed E-state index contributed by atoms with van der Waals surface area (Å²) in [6.45, 7) is 13.5. The minimum atomic E-state index is -0.0730. The quantitative estimate of drug-likeness (QED) is 0.302. The summed E-state index contributed by atoms with van der Waals surface area (Å²) in [5.74, 6) is 1.64. The Morgan fingerprint density at radius 2 is 1.85 bits per heavy atom. The number of ether oxygens (including phenoxy) is 1. The first-order valence-electron chi connectivity index (χ1n) is 9.39. The third-order valence-electron chi connectivity index (χ3n) is 4.53. The summed E-state index contributed by atoms with van der Waals surface area (Å²) in [5.41, 5.74) is 4.15. The zero-order chi connectivity index (χ0) is 20.2. The molecule has 4 heteroatoms. The Kier molecular flexibility index (Phi) is 6.94. The number of nitrogens with zero attached hydrogens (tertiary/aromatic N) is 2. The summed E-state index contributed by atoms with van der Waals surface area (Å²) >= 11 is 6.63. The smallest absolute Gasteiger partial charge is 0.130 e. The van der Waals surface area contributed by atoms with Gasteiger partial charge in [0.05, 0.1) is 17.4 Å². The minimum Gasteiger partial charge on any atom is -0.457 e. The van der Waals surface area contributed by atoms with Gasteiger partial charge >= 0.3 is 0 Å². The van der Waals surface area contributed by atoms with Crippen molar-refractivity contribution in [2.75, 3.05) is 13.6 Å². The molecular weight excluding hydrogens is 356 g/mol. The fourth-order valence-electron chi connectivity index (χ4n) is 2.63.